The Kier molecular flexibility index (Phi) is 6.48. The number of rotatable bonds is 7. The summed E-state index contributed by atoms with van der Waals surface area (Å²) in [6.45, 7) is 11.1. The molecule has 0 fully saturated rings. The Bertz CT molecular complexity index is 365. The van der Waals surface area contributed by atoms with Crippen molar-refractivity contribution in [1.29, 1.82) is 0 Å². The van der Waals surface area contributed by atoms with E-state index < -0.39 is 0 Å². The number of nitrogens with zero attached hydrogens (tertiary/aromatic N) is 1. The van der Waals surface area contributed by atoms with Crippen molar-refractivity contribution in [2.45, 2.75) is 78.2 Å². The van der Waals surface area contributed by atoms with Gasteiger partial charge >= 0.3 is 0 Å². The number of thiazole rings is 1. The van der Waals surface area contributed by atoms with Gasteiger partial charge in [-0.15, -0.1) is 11.3 Å². The van der Waals surface area contributed by atoms with Gasteiger partial charge in [0.2, 0.25) is 0 Å². The highest BCUT2D eigenvalue weighted by molar-refractivity contribution is 7.09. The molecule has 3 heteroatoms. The van der Waals surface area contributed by atoms with E-state index in [2.05, 4.69) is 40.0 Å². The van der Waals surface area contributed by atoms with E-state index in [0.717, 1.165) is 6.42 Å². The molecule has 1 aromatic rings. The van der Waals surface area contributed by atoms with Gasteiger partial charge in [0.05, 0.1) is 10.7 Å². The number of hydrogen-bond donors (Lipinski definition) is 1. The van der Waals surface area contributed by atoms with Crippen molar-refractivity contribution in [2.24, 2.45) is 11.7 Å². The van der Waals surface area contributed by atoms with Gasteiger partial charge in [-0.05, 0) is 12.3 Å². The highest BCUT2D eigenvalue weighted by atomic mass is 32.1. The van der Waals surface area contributed by atoms with Crippen LogP contribution in [0, 0.1) is 5.92 Å². The lowest BCUT2D eigenvalue weighted by Gasteiger charge is -2.21. The maximum atomic E-state index is 6.39. The molecule has 19 heavy (non-hydrogen) atoms. The molecule has 0 aliphatic heterocycles. The summed E-state index contributed by atoms with van der Waals surface area (Å²) in [6.07, 6.45) is 5.92. The van der Waals surface area contributed by atoms with Crippen molar-refractivity contribution in [2.75, 3.05) is 0 Å². The Morgan fingerprint density at radius 2 is 2.00 bits per heavy atom. The molecule has 2 nitrogen and oxygen atoms in total. The first-order valence-electron chi connectivity index (χ1n) is 7.58. The summed E-state index contributed by atoms with van der Waals surface area (Å²) in [6, 6.07) is 0.260. The van der Waals surface area contributed by atoms with Gasteiger partial charge in [0.1, 0.15) is 0 Å². The van der Waals surface area contributed by atoms with Crippen LogP contribution in [0.2, 0.25) is 0 Å². The van der Waals surface area contributed by atoms with E-state index in [-0.39, 0.29) is 11.5 Å². The summed E-state index contributed by atoms with van der Waals surface area (Å²) in [7, 11) is 0. The first-order chi connectivity index (χ1) is 8.88. The summed E-state index contributed by atoms with van der Waals surface area (Å²) in [5.74, 6) is 0.641. The standard InChI is InChI=1S/C16H30N2S/c1-6-8-9-12(7-2)13(17)10-15-18-14(11-19-15)16(3,4)5/h11-13H,6-10,17H2,1-5H3. The van der Waals surface area contributed by atoms with E-state index in [1.165, 1.54) is 36.4 Å². The predicted octanol–water partition coefficient (Wildman–Crippen LogP) is 4.53. The fraction of sp³-hybridized carbons (Fsp3) is 0.812. The quantitative estimate of drug-likeness (QED) is 0.798. The summed E-state index contributed by atoms with van der Waals surface area (Å²) in [5.41, 5.74) is 7.73. The molecule has 2 unspecified atom stereocenters. The van der Waals surface area contributed by atoms with E-state index in [9.17, 15) is 0 Å². The van der Waals surface area contributed by atoms with Crippen molar-refractivity contribution in [1.82, 2.24) is 4.98 Å². The van der Waals surface area contributed by atoms with E-state index in [1.807, 2.05) is 0 Å². The number of nitrogens with two attached hydrogens (primary N) is 1. The van der Waals surface area contributed by atoms with Crippen LogP contribution in [0.1, 0.15) is 71.0 Å². The summed E-state index contributed by atoms with van der Waals surface area (Å²) in [5, 5.41) is 3.39. The zero-order valence-corrected chi connectivity index (χ0v) is 14.0. The van der Waals surface area contributed by atoms with Crippen LogP contribution in [0.15, 0.2) is 5.38 Å². The number of aromatic nitrogens is 1. The fourth-order valence-corrected chi connectivity index (χ4v) is 3.40. The molecule has 0 aromatic carbocycles. The lowest BCUT2D eigenvalue weighted by Crippen LogP contribution is -2.32. The minimum atomic E-state index is 0.144. The molecule has 0 aliphatic carbocycles. The Labute approximate surface area is 122 Å². The second-order valence-corrected chi connectivity index (χ2v) is 7.50. The van der Waals surface area contributed by atoms with Gasteiger partial charge < -0.3 is 5.73 Å². The zero-order valence-electron chi connectivity index (χ0n) is 13.2. The maximum Gasteiger partial charge on any atom is 0.0944 e. The van der Waals surface area contributed by atoms with Crippen LogP contribution in [0.3, 0.4) is 0 Å². The Balaban J connectivity index is 2.60. The Hall–Kier alpha value is -0.410. The molecule has 0 bridgehead atoms. The first kappa shape index (κ1) is 16.6. The third-order valence-electron chi connectivity index (χ3n) is 3.79. The normalized spacial score (nSPS) is 15.5. The lowest BCUT2D eigenvalue weighted by molar-refractivity contribution is 0.368. The topological polar surface area (TPSA) is 38.9 Å². The molecule has 0 amide bonds. The molecule has 0 aliphatic rings. The number of unbranched alkanes of at least 4 members (excludes halogenated alkanes) is 1. The second-order valence-electron chi connectivity index (χ2n) is 6.56. The summed E-state index contributed by atoms with van der Waals surface area (Å²) >= 11 is 1.77. The van der Waals surface area contributed by atoms with Crippen molar-refractivity contribution in [3.63, 3.8) is 0 Å². The van der Waals surface area contributed by atoms with E-state index in [4.69, 9.17) is 10.7 Å². The predicted molar refractivity (Wildman–Crippen MR) is 85.8 cm³/mol. The van der Waals surface area contributed by atoms with Crippen LogP contribution >= 0.6 is 11.3 Å². The van der Waals surface area contributed by atoms with Crippen molar-refractivity contribution in [3.8, 4) is 0 Å². The van der Waals surface area contributed by atoms with Gasteiger partial charge in [0.25, 0.3) is 0 Å². The molecule has 2 N–H and O–H groups in total. The number of hydrogen-bond acceptors (Lipinski definition) is 3. The second kappa shape index (κ2) is 7.39. The van der Waals surface area contributed by atoms with Gasteiger partial charge in [0.15, 0.2) is 0 Å². The molecule has 110 valence electrons. The van der Waals surface area contributed by atoms with Crippen LogP contribution in [0.4, 0.5) is 0 Å². The smallest absolute Gasteiger partial charge is 0.0944 e. The molecule has 0 spiro atoms. The van der Waals surface area contributed by atoms with Crippen LogP contribution in [-0.4, -0.2) is 11.0 Å². The van der Waals surface area contributed by atoms with E-state index in [1.54, 1.807) is 11.3 Å². The van der Waals surface area contributed by atoms with E-state index in [0.29, 0.717) is 5.92 Å². The van der Waals surface area contributed by atoms with Crippen molar-refractivity contribution in [3.05, 3.63) is 16.1 Å². The Morgan fingerprint density at radius 1 is 1.32 bits per heavy atom. The third kappa shape index (κ3) is 5.23. The lowest BCUT2D eigenvalue weighted by atomic mass is 9.90. The Morgan fingerprint density at radius 3 is 2.47 bits per heavy atom. The minimum absolute atomic E-state index is 0.144. The molecule has 1 heterocycles. The zero-order chi connectivity index (χ0) is 14.5. The van der Waals surface area contributed by atoms with Crippen LogP contribution in [0.5, 0.6) is 0 Å². The minimum Gasteiger partial charge on any atom is -0.327 e. The largest absolute Gasteiger partial charge is 0.327 e. The molecule has 0 saturated heterocycles. The maximum absolute atomic E-state index is 6.39. The average molecular weight is 282 g/mol. The monoisotopic (exact) mass is 282 g/mol. The summed E-state index contributed by atoms with van der Waals surface area (Å²) < 4.78 is 0. The molecule has 0 saturated carbocycles. The van der Waals surface area contributed by atoms with Crippen LogP contribution in [-0.2, 0) is 11.8 Å². The summed E-state index contributed by atoms with van der Waals surface area (Å²) in [4.78, 5) is 4.76. The highest BCUT2D eigenvalue weighted by Gasteiger charge is 2.20. The molecular formula is C16H30N2S. The van der Waals surface area contributed by atoms with Crippen molar-refractivity contribution < 1.29 is 0 Å². The molecule has 0 radical (unpaired) electrons. The molecular weight excluding hydrogens is 252 g/mol. The fourth-order valence-electron chi connectivity index (χ4n) is 2.30. The van der Waals surface area contributed by atoms with Crippen LogP contribution in [0.25, 0.3) is 0 Å². The van der Waals surface area contributed by atoms with E-state index >= 15 is 0 Å². The van der Waals surface area contributed by atoms with Crippen LogP contribution < -0.4 is 5.73 Å². The molecule has 1 rings (SSSR count). The SMILES string of the molecule is CCCCC(CC)C(N)Cc1nc(C(C)(C)C)cs1. The van der Waals surface area contributed by atoms with Gasteiger partial charge in [-0.1, -0.05) is 53.9 Å². The third-order valence-corrected chi connectivity index (χ3v) is 4.66. The van der Waals surface area contributed by atoms with Gasteiger partial charge in [-0.25, -0.2) is 4.98 Å². The molecule has 2 atom stereocenters. The highest BCUT2D eigenvalue weighted by Crippen LogP contribution is 2.26. The van der Waals surface area contributed by atoms with Gasteiger partial charge in [-0.2, -0.15) is 0 Å². The molecule has 1 aromatic heterocycles. The first-order valence-corrected chi connectivity index (χ1v) is 8.46. The average Bonchev–Trinajstić information content (AvgIpc) is 2.78. The van der Waals surface area contributed by atoms with Gasteiger partial charge in [0, 0.05) is 23.3 Å². The van der Waals surface area contributed by atoms with Gasteiger partial charge in [-0.3, -0.25) is 0 Å². The van der Waals surface area contributed by atoms with Crippen molar-refractivity contribution >= 4 is 11.3 Å².